The third-order valence-corrected chi connectivity index (χ3v) is 9.20. The van der Waals surface area contributed by atoms with Crippen LogP contribution in [0, 0.1) is 12.3 Å². The second kappa shape index (κ2) is 9.73. The van der Waals surface area contributed by atoms with E-state index in [9.17, 15) is 14.7 Å². The molecule has 7 N–H and O–H groups in total. The van der Waals surface area contributed by atoms with Crippen LogP contribution in [0.1, 0.15) is 49.3 Å². The van der Waals surface area contributed by atoms with Crippen molar-refractivity contribution in [2.75, 3.05) is 16.8 Å². The van der Waals surface area contributed by atoms with Gasteiger partial charge in [-0.05, 0) is 78.0 Å². The fourth-order valence-electron chi connectivity index (χ4n) is 5.77. The first-order chi connectivity index (χ1) is 20.2. The van der Waals surface area contributed by atoms with E-state index < -0.39 is 6.10 Å². The van der Waals surface area contributed by atoms with E-state index >= 15 is 0 Å². The Morgan fingerprint density at radius 1 is 1.10 bits per heavy atom. The fourth-order valence-corrected chi connectivity index (χ4v) is 7.17. The number of nitrogens with zero attached hydrogens (tertiary/aromatic N) is 1. The van der Waals surface area contributed by atoms with E-state index in [0.717, 1.165) is 48.6 Å². The normalized spacial score (nSPS) is 14.6. The summed E-state index contributed by atoms with van der Waals surface area (Å²) >= 11 is 7.85. The van der Waals surface area contributed by atoms with Gasteiger partial charge in [0, 0.05) is 54.6 Å². The van der Waals surface area contributed by atoms with Gasteiger partial charge in [-0.2, -0.15) is 0 Å². The van der Waals surface area contributed by atoms with E-state index in [2.05, 4.69) is 20.7 Å². The van der Waals surface area contributed by atoms with Gasteiger partial charge in [-0.25, -0.2) is 0 Å². The monoisotopic (exact) mass is 596 g/mol. The van der Waals surface area contributed by atoms with Gasteiger partial charge in [0.05, 0.1) is 12.2 Å². The zero-order valence-electron chi connectivity index (χ0n) is 22.3. The summed E-state index contributed by atoms with van der Waals surface area (Å²) in [4.78, 5) is 34.6. The van der Waals surface area contributed by atoms with E-state index in [0.29, 0.717) is 34.2 Å². The molecule has 0 bridgehead atoms. The number of alkyl halides is 1. The smallest absolute Gasteiger partial charge is 0.274 e. The molecule has 210 valence electrons. The largest absolute Gasteiger partial charge is 0.386 e. The topological polar surface area (TPSA) is 151 Å². The number of carbonyl (C=O) groups is 2. The molecule has 42 heavy (non-hydrogen) atoms. The number of aliphatic hydroxyl groups excluding tert-OH is 1. The van der Waals surface area contributed by atoms with Crippen LogP contribution in [0.3, 0.4) is 0 Å². The molecule has 1 aliphatic heterocycles. The van der Waals surface area contributed by atoms with Crippen LogP contribution in [-0.2, 0) is 5.88 Å². The van der Waals surface area contributed by atoms with Crippen LogP contribution in [0.15, 0.2) is 60.0 Å². The predicted octanol–water partition coefficient (Wildman–Crippen LogP) is 6.14. The standard InChI is InChI=1S/C31H25ClN6O3S/c1-14-13-42-28-26(14)18(11-32)10-24-27(28)25(39)12-38(24)31(41)23-9-17-7-19(3-5-21(17)37-23)35-30(40)22-8-16-6-15(29(33)34)2-4-20(16)36-22/h2-10,13,25,36-37,39H,11-12H2,1H3,(H3,33,34)(H,35,40). The molecule has 11 heteroatoms. The number of hydrogen-bond acceptors (Lipinski definition) is 5. The van der Waals surface area contributed by atoms with Crippen molar-refractivity contribution in [2.24, 2.45) is 5.73 Å². The average molecular weight is 597 g/mol. The van der Waals surface area contributed by atoms with Crippen LogP contribution in [0.5, 0.6) is 0 Å². The zero-order valence-corrected chi connectivity index (χ0v) is 23.9. The number of rotatable bonds is 5. The number of thiophene rings is 1. The number of anilines is 2. The highest BCUT2D eigenvalue weighted by Gasteiger charge is 2.35. The first-order valence-corrected chi connectivity index (χ1v) is 14.6. The lowest BCUT2D eigenvalue weighted by atomic mass is 10.0. The molecule has 4 heterocycles. The number of aryl methyl sites for hydroxylation is 1. The number of β-amino-alcohol motifs (C(OH)–C–C–N with tert-alkyl or cyclic N) is 1. The van der Waals surface area contributed by atoms with Crippen LogP contribution in [0.2, 0.25) is 0 Å². The van der Waals surface area contributed by atoms with Crippen LogP contribution < -0.4 is 16.0 Å². The van der Waals surface area contributed by atoms with Gasteiger partial charge in [-0.3, -0.25) is 15.0 Å². The van der Waals surface area contributed by atoms with Crippen LogP contribution in [-0.4, -0.2) is 39.3 Å². The van der Waals surface area contributed by atoms with Gasteiger partial charge in [0.15, 0.2) is 0 Å². The lowest BCUT2D eigenvalue weighted by Crippen LogP contribution is -2.30. The molecule has 3 aromatic carbocycles. The highest BCUT2D eigenvalue weighted by molar-refractivity contribution is 7.17. The van der Waals surface area contributed by atoms with Gasteiger partial charge in [-0.1, -0.05) is 0 Å². The molecular formula is C31H25ClN6O3S. The number of amides is 2. The molecule has 2 amide bonds. The van der Waals surface area contributed by atoms with Crippen molar-refractivity contribution in [2.45, 2.75) is 18.9 Å². The summed E-state index contributed by atoms with van der Waals surface area (Å²) in [7, 11) is 0. The third kappa shape index (κ3) is 4.14. The number of amidine groups is 1. The number of halogens is 1. The molecule has 9 nitrogen and oxygen atoms in total. The van der Waals surface area contributed by atoms with Crippen molar-refractivity contribution in [3.05, 3.63) is 93.6 Å². The Bertz CT molecular complexity index is 2110. The molecule has 3 aromatic heterocycles. The van der Waals surface area contributed by atoms with E-state index in [1.54, 1.807) is 58.7 Å². The Morgan fingerprint density at radius 2 is 1.81 bits per heavy atom. The third-order valence-electron chi connectivity index (χ3n) is 7.78. The van der Waals surface area contributed by atoms with Crippen molar-refractivity contribution in [1.29, 1.82) is 5.41 Å². The van der Waals surface area contributed by atoms with Crippen LogP contribution in [0.25, 0.3) is 31.9 Å². The maximum atomic E-state index is 13.7. The van der Waals surface area contributed by atoms with E-state index in [4.69, 9.17) is 22.7 Å². The molecule has 6 aromatic rings. The molecular weight excluding hydrogens is 572 g/mol. The molecule has 0 aliphatic carbocycles. The number of nitrogens with one attached hydrogen (secondary N) is 4. The molecule has 1 aliphatic rings. The quantitative estimate of drug-likeness (QED) is 0.0804. The number of aromatic amines is 2. The van der Waals surface area contributed by atoms with Crippen molar-refractivity contribution < 1.29 is 14.7 Å². The Balaban J connectivity index is 1.16. The highest BCUT2D eigenvalue weighted by atomic mass is 35.5. The molecule has 1 unspecified atom stereocenters. The lowest BCUT2D eigenvalue weighted by molar-refractivity contribution is 0.0969. The maximum absolute atomic E-state index is 13.7. The Kier molecular flexibility index (Phi) is 6.09. The number of nitrogens with two attached hydrogens (primary N) is 1. The second-order valence-corrected chi connectivity index (χ2v) is 11.6. The van der Waals surface area contributed by atoms with Gasteiger partial charge < -0.3 is 31.0 Å². The fraction of sp³-hybridized carbons (Fsp3) is 0.129. The molecule has 7 rings (SSSR count). The lowest BCUT2D eigenvalue weighted by Gasteiger charge is -2.17. The zero-order chi connectivity index (χ0) is 29.3. The molecule has 1 atom stereocenters. The summed E-state index contributed by atoms with van der Waals surface area (Å²) in [6, 6.07) is 16.0. The maximum Gasteiger partial charge on any atom is 0.274 e. The molecule has 0 spiro atoms. The number of H-pyrrole nitrogens is 2. The van der Waals surface area contributed by atoms with Gasteiger partial charge in [0.25, 0.3) is 11.8 Å². The molecule has 0 saturated carbocycles. The Hall–Kier alpha value is -4.64. The van der Waals surface area contributed by atoms with E-state index in [1.807, 2.05) is 19.1 Å². The van der Waals surface area contributed by atoms with Gasteiger partial charge in [0.1, 0.15) is 23.3 Å². The first kappa shape index (κ1) is 26.3. The molecule has 0 fully saturated rings. The summed E-state index contributed by atoms with van der Waals surface area (Å²) in [6.07, 6.45) is -0.793. The van der Waals surface area contributed by atoms with Gasteiger partial charge in [-0.15, -0.1) is 22.9 Å². The first-order valence-electron chi connectivity index (χ1n) is 13.2. The van der Waals surface area contributed by atoms with Crippen LogP contribution in [0.4, 0.5) is 11.4 Å². The van der Waals surface area contributed by atoms with Gasteiger partial charge >= 0.3 is 0 Å². The summed E-state index contributed by atoms with van der Waals surface area (Å²) in [5.74, 6) is -0.319. The number of hydrogen-bond donors (Lipinski definition) is 6. The number of fused-ring (bicyclic) bond motifs is 5. The minimum absolute atomic E-state index is 0.0400. The number of carbonyl (C=O) groups excluding carboxylic acids is 2. The van der Waals surface area contributed by atoms with Crippen molar-refractivity contribution >= 4 is 83.9 Å². The number of nitrogen functional groups attached to an aromatic ring is 1. The van der Waals surface area contributed by atoms with Crippen molar-refractivity contribution in [3.8, 4) is 0 Å². The van der Waals surface area contributed by atoms with E-state index in [-0.39, 0.29) is 24.2 Å². The average Bonchev–Trinajstić information content (AvgIpc) is 3.75. The summed E-state index contributed by atoms with van der Waals surface area (Å²) in [5.41, 5.74) is 12.5. The minimum atomic E-state index is -0.793. The number of aromatic nitrogens is 2. The second-order valence-electron chi connectivity index (χ2n) is 10.5. The SMILES string of the molecule is Cc1csc2c3c(cc(CCl)c12)N(C(=O)c1cc2cc(NC(=O)c4cc5cc(C(=N)N)ccc5[nH]4)ccc2[nH]1)CC3O. The summed E-state index contributed by atoms with van der Waals surface area (Å²) in [5, 5.41) is 26.1. The number of benzene rings is 3. The number of aliphatic hydroxyl groups is 1. The highest BCUT2D eigenvalue weighted by Crippen LogP contribution is 2.45. The van der Waals surface area contributed by atoms with E-state index in [1.165, 1.54) is 0 Å². The Labute approximate surface area is 248 Å². The predicted molar refractivity (Wildman–Crippen MR) is 168 cm³/mol. The molecule has 0 radical (unpaired) electrons. The van der Waals surface area contributed by atoms with Crippen molar-refractivity contribution in [3.63, 3.8) is 0 Å². The summed E-state index contributed by atoms with van der Waals surface area (Å²) in [6.45, 7) is 2.18. The molecule has 0 saturated heterocycles. The Morgan fingerprint density at radius 3 is 2.57 bits per heavy atom. The van der Waals surface area contributed by atoms with Crippen molar-refractivity contribution in [1.82, 2.24) is 9.97 Å². The van der Waals surface area contributed by atoms with Crippen LogP contribution >= 0.6 is 22.9 Å². The summed E-state index contributed by atoms with van der Waals surface area (Å²) < 4.78 is 0.967. The van der Waals surface area contributed by atoms with Gasteiger partial charge in [0.2, 0.25) is 0 Å². The minimum Gasteiger partial charge on any atom is -0.386 e.